The molecule has 1 aliphatic heterocycles. The summed E-state index contributed by atoms with van der Waals surface area (Å²) in [5, 5.41) is 35.7. The van der Waals surface area contributed by atoms with Gasteiger partial charge in [-0.2, -0.15) is 0 Å². The van der Waals surface area contributed by atoms with E-state index in [1.165, 1.54) is 12.1 Å². The Hall–Kier alpha value is -5.55. The lowest BCUT2D eigenvalue weighted by atomic mass is 9.98. The maximum atomic E-state index is 13.6. The van der Waals surface area contributed by atoms with Crippen LogP contribution in [0.1, 0.15) is 19.3 Å². The predicted octanol–water partition coefficient (Wildman–Crippen LogP) is 9.17. The zero-order chi connectivity index (χ0) is 45.9. The molecule has 342 valence electrons. The van der Waals surface area contributed by atoms with Crippen molar-refractivity contribution in [3.63, 3.8) is 0 Å². The summed E-state index contributed by atoms with van der Waals surface area (Å²) in [6, 6.07) is 37.4. The average molecular weight is 939 g/mol. The van der Waals surface area contributed by atoms with Gasteiger partial charge in [0.05, 0.1) is 22.5 Å². The third-order valence-corrected chi connectivity index (χ3v) is 14.2. The topological polar surface area (TPSA) is 156 Å². The van der Waals surface area contributed by atoms with E-state index in [0.29, 0.717) is 29.4 Å². The number of anilines is 4. The van der Waals surface area contributed by atoms with Gasteiger partial charge in [-0.25, -0.2) is 8.42 Å². The van der Waals surface area contributed by atoms with Gasteiger partial charge in [-0.1, -0.05) is 54.1 Å². The number of rotatable bonds is 20. The number of nitro groups is 1. The van der Waals surface area contributed by atoms with Gasteiger partial charge in [-0.15, -0.1) is 11.8 Å². The maximum absolute atomic E-state index is 13.6. The second-order valence-electron chi connectivity index (χ2n) is 16.5. The van der Waals surface area contributed by atoms with Gasteiger partial charge in [-0.05, 0) is 124 Å². The number of aryl methyl sites for hydroxylation is 1. The Morgan fingerprint density at radius 2 is 1.51 bits per heavy atom. The summed E-state index contributed by atoms with van der Waals surface area (Å²) in [4.78, 5) is 19.4. The molecule has 4 N–H and O–H groups in total. The third kappa shape index (κ3) is 12.8. The normalized spacial score (nSPS) is 14.2. The van der Waals surface area contributed by atoms with E-state index in [1.54, 1.807) is 23.9 Å². The van der Waals surface area contributed by atoms with Gasteiger partial charge in [0, 0.05) is 101 Å². The van der Waals surface area contributed by atoms with Crippen LogP contribution in [-0.4, -0.2) is 104 Å². The Labute approximate surface area is 390 Å². The van der Waals surface area contributed by atoms with Crippen LogP contribution in [0.3, 0.4) is 0 Å². The summed E-state index contributed by atoms with van der Waals surface area (Å²) >= 11 is 7.89. The smallest absolute Gasteiger partial charge is 0.293 e. The largest absolute Gasteiger partial charge is 0.394 e. The maximum Gasteiger partial charge on any atom is 0.293 e. The number of halogens is 1. The van der Waals surface area contributed by atoms with Gasteiger partial charge in [0.2, 0.25) is 0 Å². The number of sulfonamides is 1. The predicted molar refractivity (Wildman–Crippen MR) is 265 cm³/mol. The lowest BCUT2D eigenvalue weighted by Gasteiger charge is -2.25. The van der Waals surface area contributed by atoms with Gasteiger partial charge in [0.1, 0.15) is 5.69 Å². The Morgan fingerprint density at radius 3 is 2.18 bits per heavy atom. The lowest BCUT2D eigenvalue weighted by molar-refractivity contribution is -0.384. The van der Waals surface area contributed by atoms with Crippen molar-refractivity contribution in [1.82, 2.24) is 9.47 Å². The number of hydrogen-bond acceptors (Lipinski definition) is 11. The average Bonchev–Trinajstić information content (AvgIpc) is 3.58. The van der Waals surface area contributed by atoms with Crippen molar-refractivity contribution >= 4 is 61.8 Å². The number of benzene rings is 5. The Morgan fingerprint density at radius 1 is 0.815 bits per heavy atom. The van der Waals surface area contributed by atoms with Crippen LogP contribution < -0.4 is 19.8 Å². The number of thioether (sulfide) groups is 1. The molecule has 1 aliphatic rings. The number of nitro benzene ring substituents is 1. The summed E-state index contributed by atoms with van der Waals surface area (Å²) < 4.78 is 31.9. The molecule has 0 spiro atoms. The number of aromatic nitrogens is 1. The number of aliphatic hydroxyl groups is 2. The van der Waals surface area contributed by atoms with Crippen molar-refractivity contribution in [2.75, 3.05) is 79.0 Å². The molecular weight excluding hydrogens is 882 g/mol. The molecule has 1 fully saturated rings. The van der Waals surface area contributed by atoms with Crippen molar-refractivity contribution in [3.05, 3.63) is 149 Å². The fourth-order valence-corrected chi connectivity index (χ4v) is 10.1. The highest BCUT2D eigenvalue weighted by Gasteiger charge is 2.24. The number of aliphatic hydroxyl groups excluding tert-OH is 2. The minimum atomic E-state index is -4.15. The molecule has 2 heterocycles. The minimum absolute atomic E-state index is 0.107. The van der Waals surface area contributed by atoms with Gasteiger partial charge in [0.25, 0.3) is 15.7 Å². The van der Waals surface area contributed by atoms with E-state index in [-0.39, 0.29) is 28.9 Å². The monoisotopic (exact) mass is 937 g/mol. The summed E-state index contributed by atoms with van der Waals surface area (Å²) in [7, 11) is -0.195. The fraction of sp³-hybridized carbons (Fsp3) is 0.306. The second-order valence-corrected chi connectivity index (χ2v) is 19.7. The molecule has 65 heavy (non-hydrogen) atoms. The molecule has 2 unspecified atom stereocenters. The fourth-order valence-electron chi connectivity index (χ4n) is 7.87. The summed E-state index contributed by atoms with van der Waals surface area (Å²) in [5.41, 5.74) is 6.58. The van der Waals surface area contributed by atoms with Gasteiger partial charge >= 0.3 is 0 Å². The number of nitrogens with one attached hydrogen (secondary N) is 2. The van der Waals surface area contributed by atoms with Crippen LogP contribution in [0.15, 0.2) is 144 Å². The van der Waals surface area contributed by atoms with Crippen molar-refractivity contribution in [2.45, 2.75) is 47.7 Å². The first-order valence-corrected chi connectivity index (χ1v) is 24.6. The van der Waals surface area contributed by atoms with E-state index in [0.717, 1.165) is 90.2 Å². The van der Waals surface area contributed by atoms with Crippen LogP contribution in [0.5, 0.6) is 0 Å². The van der Waals surface area contributed by atoms with Crippen LogP contribution in [0.2, 0.25) is 5.02 Å². The zero-order valence-corrected chi connectivity index (χ0v) is 39.0. The van der Waals surface area contributed by atoms with Crippen LogP contribution in [-0.2, 0) is 16.6 Å². The van der Waals surface area contributed by atoms with E-state index in [1.807, 2.05) is 80.8 Å². The van der Waals surface area contributed by atoms with Crippen molar-refractivity contribution < 1.29 is 23.6 Å². The van der Waals surface area contributed by atoms with Crippen molar-refractivity contribution in [1.29, 1.82) is 0 Å². The van der Waals surface area contributed by atoms with Gasteiger partial charge in [0.15, 0.2) is 0 Å². The molecule has 7 rings (SSSR count). The highest BCUT2D eigenvalue weighted by Crippen LogP contribution is 2.36. The molecule has 0 amide bonds. The van der Waals surface area contributed by atoms with Crippen LogP contribution in [0.25, 0.3) is 22.3 Å². The summed E-state index contributed by atoms with van der Waals surface area (Å²) in [5.74, 6) is 0.668. The van der Waals surface area contributed by atoms with E-state index >= 15 is 0 Å². The lowest BCUT2D eigenvalue weighted by Crippen LogP contribution is -2.30. The molecule has 1 saturated heterocycles. The zero-order valence-electron chi connectivity index (χ0n) is 36.6. The molecule has 5 aromatic carbocycles. The Bertz CT molecular complexity index is 2610. The molecule has 0 aliphatic carbocycles. The minimum Gasteiger partial charge on any atom is -0.394 e. The summed E-state index contributed by atoms with van der Waals surface area (Å²) in [6.45, 7) is 4.24. The Balaban J connectivity index is 1.00. The SMILES string of the molecule is CN(C)CCC(CSc1ccccc1)Nc1ccc(S(=O)(=O)Nc2ccc(N3CCCN(c4cccc(-c5cn(CCC(O)CO)cc5-c5ccc(Cl)cc5)c4)CC3)cc2)cc1[N+](=O)[O-]. The molecular formula is C49H56ClN7O6S2. The molecule has 13 nitrogen and oxygen atoms in total. The number of hydrogen-bond donors (Lipinski definition) is 4. The molecule has 0 radical (unpaired) electrons. The van der Waals surface area contributed by atoms with Crippen molar-refractivity contribution in [2.24, 2.45) is 0 Å². The third-order valence-electron chi connectivity index (χ3n) is 11.4. The van der Waals surface area contributed by atoms with Crippen LogP contribution in [0, 0.1) is 10.1 Å². The van der Waals surface area contributed by atoms with E-state index < -0.39 is 21.1 Å². The molecule has 1 aromatic heterocycles. The molecule has 2 atom stereocenters. The Kier molecular flexibility index (Phi) is 16.1. The van der Waals surface area contributed by atoms with Crippen LogP contribution in [0.4, 0.5) is 28.4 Å². The van der Waals surface area contributed by atoms with Gasteiger partial charge in [-0.3, -0.25) is 14.8 Å². The van der Waals surface area contributed by atoms with Gasteiger partial charge < -0.3 is 34.8 Å². The van der Waals surface area contributed by atoms with Crippen molar-refractivity contribution in [3.8, 4) is 22.3 Å². The summed E-state index contributed by atoms with van der Waals surface area (Å²) in [6.07, 6.45) is 5.46. The first kappa shape index (κ1) is 47.4. The molecule has 16 heteroatoms. The van der Waals surface area contributed by atoms with Crippen LogP contribution >= 0.6 is 23.4 Å². The first-order chi connectivity index (χ1) is 31.3. The first-order valence-electron chi connectivity index (χ1n) is 21.7. The highest BCUT2D eigenvalue weighted by molar-refractivity contribution is 7.99. The molecule has 0 bridgehead atoms. The quantitative estimate of drug-likeness (QED) is 0.0329. The van der Waals surface area contributed by atoms with E-state index in [2.05, 4.69) is 66.0 Å². The highest BCUT2D eigenvalue weighted by atomic mass is 35.5. The standard InChI is InChI=1S/C49H56ClN7O6S2/c1-53(2)26-22-40(35-64-44-10-4-3-5-11-44)51-48-21-20-45(31-49(48)57(60)61)65(62,63)52-39-16-18-41(19-17-39)55-24-7-25-56(29-28-55)42-9-6-8-37(30-42)47-33-54(27-23-43(59)34-58)32-46(47)36-12-14-38(50)15-13-36/h3-6,8-21,30-33,40,43,51-52,58-59H,7,22-29,34-35H2,1-2H3. The molecule has 0 saturated carbocycles. The number of nitrogens with zero attached hydrogens (tertiary/aromatic N) is 5. The molecule has 6 aromatic rings. The van der Waals surface area contributed by atoms with E-state index in [9.17, 15) is 28.7 Å². The second kappa shape index (κ2) is 22.1. The van der Waals surface area contributed by atoms with E-state index in [4.69, 9.17) is 11.6 Å².